The van der Waals surface area contributed by atoms with Crippen LogP contribution in [0.5, 0.6) is 5.75 Å². The maximum absolute atomic E-state index is 12.4. The van der Waals surface area contributed by atoms with Crippen molar-refractivity contribution in [3.63, 3.8) is 0 Å². The molecule has 2 aromatic carbocycles. The lowest BCUT2D eigenvalue weighted by atomic mass is 10.0. The summed E-state index contributed by atoms with van der Waals surface area (Å²) >= 11 is 1.58. The van der Waals surface area contributed by atoms with Gasteiger partial charge in [0, 0.05) is 16.9 Å². The Bertz CT molecular complexity index is 1080. The van der Waals surface area contributed by atoms with E-state index in [1.54, 1.807) is 11.3 Å². The number of ether oxygens (including phenoxy) is 1. The fraction of sp³-hybridized carbons (Fsp3) is 0.320. The fourth-order valence-electron chi connectivity index (χ4n) is 3.47. The highest BCUT2D eigenvalue weighted by Crippen LogP contribution is 2.36. The van der Waals surface area contributed by atoms with Crippen LogP contribution in [-0.4, -0.2) is 34.8 Å². The molecule has 0 bridgehead atoms. The summed E-state index contributed by atoms with van der Waals surface area (Å²) in [7, 11) is -4.67. The number of hydrogen-bond donors (Lipinski definition) is 3. The Morgan fingerprint density at radius 1 is 1.00 bits per heavy atom. The van der Waals surface area contributed by atoms with Crippen LogP contribution in [0.25, 0.3) is 10.4 Å². The van der Waals surface area contributed by atoms with E-state index >= 15 is 0 Å². The zero-order valence-electron chi connectivity index (χ0n) is 18.8. The largest absolute Gasteiger partial charge is 0.493 e. The number of carbonyl (C=O) groups excluding carboxylic acids is 1. The molecule has 0 saturated carbocycles. The first kappa shape index (κ1) is 26.3. The first-order chi connectivity index (χ1) is 16.3. The molecular formula is C25H30NO6PS. The zero-order chi connectivity index (χ0) is 24.4. The zero-order valence-corrected chi connectivity index (χ0v) is 20.5. The van der Waals surface area contributed by atoms with Crippen molar-refractivity contribution in [1.29, 1.82) is 0 Å². The molecule has 0 amide bonds. The summed E-state index contributed by atoms with van der Waals surface area (Å²) in [5.41, 5.74) is 8.74. The molecule has 1 atom stereocenters. The molecule has 0 radical (unpaired) electrons. The lowest BCUT2D eigenvalue weighted by molar-refractivity contribution is -0.120. The van der Waals surface area contributed by atoms with Crippen molar-refractivity contribution in [1.82, 2.24) is 0 Å². The number of phosphoric ester groups is 1. The Hall–Kier alpha value is -2.32. The topological polar surface area (TPSA) is 119 Å². The van der Waals surface area contributed by atoms with Gasteiger partial charge in [0.25, 0.3) is 0 Å². The molecule has 0 unspecified atom stereocenters. The number of rotatable bonds is 14. The highest BCUT2D eigenvalue weighted by molar-refractivity contribution is 7.46. The molecule has 4 N–H and O–H groups in total. The molecule has 0 fully saturated rings. The Balaban J connectivity index is 1.55. The lowest BCUT2D eigenvalue weighted by Gasteiger charge is -2.14. The predicted molar refractivity (Wildman–Crippen MR) is 134 cm³/mol. The first-order valence-corrected chi connectivity index (χ1v) is 13.5. The first-order valence-electron chi connectivity index (χ1n) is 11.1. The standard InChI is InChI=1S/C25H30NO6PS/c26-22(18-32-33(28,29)30)23(27)17-20-12-13-24(21(16-20)25-11-7-15-34-25)31-14-6-2-5-10-19-8-3-1-4-9-19/h1,3-4,7-9,11-13,15-16,22H,2,5-6,10,14,17-18,26H2,(H2,28,29,30)/t22-/m0/s1. The molecule has 0 spiro atoms. The van der Waals surface area contributed by atoms with Crippen LogP contribution in [0.1, 0.15) is 30.4 Å². The number of nitrogens with two attached hydrogens (primary N) is 1. The Labute approximate surface area is 203 Å². The van der Waals surface area contributed by atoms with E-state index in [9.17, 15) is 9.36 Å². The molecule has 7 nitrogen and oxygen atoms in total. The van der Waals surface area contributed by atoms with Crippen LogP contribution < -0.4 is 10.5 Å². The molecule has 0 aliphatic carbocycles. The molecule has 3 aromatic rings. The van der Waals surface area contributed by atoms with Crippen molar-refractivity contribution in [3.05, 3.63) is 77.2 Å². The maximum atomic E-state index is 12.4. The van der Waals surface area contributed by atoms with Crippen molar-refractivity contribution in [2.75, 3.05) is 13.2 Å². The summed E-state index contributed by atoms with van der Waals surface area (Å²) in [5, 5.41) is 1.98. The van der Waals surface area contributed by atoms with Crippen LogP contribution in [0.15, 0.2) is 66.0 Å². The molecular weight excluding hydrogens is 473 g/mol. The van der Waals surface area contributed by atoms with Gasteiger partial charge in [0.05, 0.1) is 19.3 Å². The highest BCUT2D eigenvalue weighted by Gasteiger charge is 2.21. The number of benzene rings is 2. The summed E-state index contributed by atoms with van der Waals surface area (Å²) in [6.07, 6.45) is 4.23. The molecule has 0 aliphatic rings. The molecule has 182 valence electrons. The van der Waals surface area contributed by atoms with Gasteiger partial charge in [-0.15, -0.1) is 11.3 Å². The summed E-state index contributed by atoms with van der Waals surface area (Å²) < 4.78 is 21.3. The molecule has 0 saturated heterocycles. The predicted octanol–water partition coefficient (Wildman–Crippen LogP) is 4.76. The SMILES string of the molecule is N[C@@H](COP(=O)(O)O)C(=O)Cc1ccc(OCCCCCc2ccccc2)c(-c2cccs2)c1. The van der Waals surface area contributed by atoms with E-state index in [0.29, 0.717) is 6.61 Å². The normalized spacial score (nSPS) is 12.4. The molecule has 34 heavy (non-hydrogen) atoms. The van der Waals surface area contributed by atoms with Gasteiger partial charge >= 0.3 is 7.82 Å². The molecule has 1 heterocycles. The van der Waals surface area contributed by atoms with Crippen LogP contribution >= 0.6 is 19.2 Å². The van der Waals surface area contributed by atoms with Gasteiger partial charge in [-0.25, -0.2) is 4.57 Å². The maximum Gasteiger partial charge on any atom is 0.469 e. The Kier molecular flexibility index (Phi) is 10.0. The van der Waals surface area contributed by atoms with E-state index in [1.165, 1.54) is 5.56 Å². The third-order valence-corrected chi connectivity index (χ3v) is 6.64. The van der Waals surface area contributed by atoms with E-state index < -0.39 is 20.5 Å². The van der Waals surface area contributed by atoms with E-state index in [4.69, 9.17) is 20.3 Å². The molecule has 0 aliphatic heterocycles. The number of aryl methyl sites for hydroxylation is 1. The van der Waals surface area contributed by atoms with Gasteiger partial charge in [-0.1, -0.05) is 42.5 Å². The van der Waals surface area contributed by atoms with Crippen LogP contribution in [0, 0.1) is 0 Å². The van der Waals surface area contributed by atoms with E-state index in [2.05, 4.69) is 28.8 Å². The number of hydrogen-bond acceptors (Lipinski definition) is 6. The van der Waals surface area contributed by atoms with Gasteiger partial charge in [0.2, 0.25) is 0 Å². The monoisotopic (exact) mass is 503 g/mol. The van der Waals surface area contributed by atoms with Crippen LogP contribution in [0.3, 0.4) is 0 Å². The van der Waals surface area contributed by atoms with Crippen molar-refractivity contribution < 1.29 is 28.4 Å². The van der Waals surface area contributed by atoms with Gasteiger partial charge in [-0.3, -0.25) is 9.32 Å². The second-order valence-corrected chi connectivity index (χ2v) is 10.2. The van der Waals surface area contributed by atoms with Crippen molar-refractivity contribution >= 4 is 24.9 Å². The quantitative estimate of drug-likeness (QED) is 0.214. The third kappa shape index (κ3) is 8.80. The van der Waals surface area contributed by atoms with E-state index in [-0.39, 0.29) is 12.2 Å². The van der Waals surface area contributed by atoms with Crippen molar-refractivity contribution in [2.24, 2.45) is 5.73 Å². The van der Waals surface area contributed by atoms with Gasteiger partial charge in [-0.05, 0) is 60.4 Å². The average molecular weight is 504 g/mol. The smallest absolute Gasteiger partial charge is 0.469 e. The van der Waals surface area contributed by atoms with Crippen LogP contribution in [-0.2, 0) is 26.7 Å². The average Bonchev–Trinajstić information content (AvgIpc) is 3.35. The fourth-order valence-corrected chi connectivity index (χ4v) is 4.58. The van der Waals surface area contributed by atoms with E-state index in [0.717, 1.165) is 47.4 Å². The highest BCUT2D eigenvalue weighted by atomic mass is 32.1. The third-order valence-electron chi connectivity index (χ3n) is 5.25. The minimum atomic E-state index is -4.67. The molecule has 1 aromatic heterocycles. The number of thiophene rings is 1. The number of carbonyl (C=O) groups is 1. The van der Waals surface area contributed by atoms with Crippen molar-refractivity contribution in [3.8, 4) is 16.2 Å². The summed E-state index contributed by atoms with van der Waals surface area (Å²) in [6.45, 7) is 0.0718. The molecule has 9 heteroatoms. The minimum absolute atomic E-state index is 0.0316. The Morgan fingerprint density at radius 2 is 1.79 bits per heavy atom. The van der Waals surface area contributed by atoms with Crippen LogP contribution in [0.2, 0.25) is 0 Å². The number of unbranched alkanes of at least 4 members (excludes halogenated alkanes) is 2. The second kappa shape index (κ2) is 13.0. The van der Waals surface area contributed by atoms with Crippen LogP contribution in [0.4, 0.5) is 0 Å². The second-order valence-electron chi connectivity index (χ2n) is 7.99. The summed E-state index contributed by atoms with van der Waals surface area (Å²) in [5.74, 6) is 0.397. The van der Waals surface area contributed by atoms with E-state index in [1.807, 2.05) is 41.8 Å². The molecule has 3 rings (SSSR count). The van der Waals surface area contributed by atoms with Gasteiger partial charge in [0.1, 0.15) is 5.75 Å². The lowest BCUT2D eigenvalue weighted by Crippen LogP contribution is -2.36. The van der Waals surface area contributed by atoms with Gasteiger partial charge in [-0.2, -0.15) is 0 Å². The Morgan fingerprint density at radius 3 is 2.50 bits per heavy atom. The number of Topliss-reactive ketones (excluding diaryl/α,β-unsaturated/α-hetero) is 1. The van der Waals surface area contributed by atoms with Gasteiger partial charge in [0.15, 0.2) is 5.78 Å². The summed E-state index contributed by atoms with van der Waals surface area (Å²) in [4.78, 5) is 31.0. The minimum Gasteiger partial charge on any atom is -0.493 e. The number of ketones is 1. The van der Waals surface area contributed by atoms with Crippen molar-refractivity contribution in [2.45, 2.75) is 38.1 Å². The summed E-state index contributed by atoms with van der Waals surface area (Å²) in [6, 6.07) is 18.9. The van der Waals surface area contributed by atoms with Gasteiger partial charge < -0.3 is 20.3 Å². The number of phosphoric acid groups is 1.